The zero-order chi connectivity index (χ0) is 24.6. The smallest absolute Gasteiger partial charge is 0.362 e. The molecule has 3 aromatic rings. The molecule has 0 radical (unpaired) electrons. The number of alkyl halides is 3. The van der Waals surface area contributed by atoms with Gasteiger partial charge in [-0.2, -0.15) is 13.2 Å². The minimum atomic E-state index is -4.19. The van der Waals surface area contributed by atoms with E-state index in [2.05, 4.69) is 21.2 Å². The van der Waals surface area contributed by atoms with E-state index in [1.165, 1.54) is 4.90 Å². The van der Waals surface area contributed by atoms with E-state index >= 15 is 0 Å². The SMILES string of the molecule is Cc1c(C=O)cc2c(-c3cccnc3N(C)C)ccn2c1C(C)N1CCN(CC(F)(F)F)CC1. The predicted molar refractivity (Wildman–Crippen MR) is 128 cm³/mol. The maximum atomic E-state index is 12.8. The monoisotopic (exact) mass is 473 g/mol. The van der Waals surface area contributed by atoms with Gasteiger partial charge in [0.25, 0.3) is 0 Å². The summed E-state index contributed by atoms with van der Waals surface area (Å²) in [6, 6.07) is 7.77. The first-order valence-electron chi connectivity index (χ1n) is 11.4. The molecule has 34 heavy (non-hydrogen) atoms. The van der Waals surface area contributed by atoms with Crippen molar-refractivity contribution < 1.29 is 18.0 Å². The number of hydrogen-bond acceptors (Lipinski definition) is 5. The Kier molecular flexibility index (Phi) is 6.69. The van der Waals surface area contributed by atoms with Gasteiger partial charge in [0, 0.05) is 81.1 Å². The van der Waals surface area contributed by atoms with Gasteiger partial charge in [-0.25, -0.2) is 4.98 Å². The van der Waals surface area contributed by atoms with Gasteiger partial charge >= 0.3 is 6.18 Å². The lowest BCUT2D eigenvalue weighted by molar-refractivity contribution is -0.149. The van der Waals surface area contributed by atoms with Crippen LogP contribution in [0.25, 0.3) is 16.6 Å². The summed E-state index contributed by atoms with van der Waals surface area (Å²) < 4.78 is 40.5. The number of anilines is 1. The Morgan fingerprint density at radius 3 is 2.47 bits per heavy atom. The predicted octanol–water partition coefficient (Wildman–Crippen LogP) is 4.43. The van der Waals surface area contributed by atoms with Crippen LogP contribution < -0.4 is 4.90 Å². The maximum absolute atomic E-state index is 12.8. The summed E-state index contributed by atoms with van der Waals surface area (Å²) in [5.41, 5.74) is 5.32. The van der Waals surface area contributed by atoms with Crippen molar-refractivity contribution in [2.75, 3.05) is 51.7 Å². The number of piperazine rings is 1. The third kappa shape index (κ3) is 4.67. The van der Waals surface area contributed by atoms with Crippen LogP contribution in [-0.2, 0) is 0 Å². The van der Waals surface area contributed by atoms with Crippen LogP contribution in [0.15, 0.2) is 36.7 Å². The molecule has 0 spiro atoms. The molecule has 9 heteroatoms. The third-order valence-corrected chi connectivity index (χ3v) is 6.68. The summed E-state index contributed by atoms with van der Waals surface area (Å²) in [5, 5.41) is 0. The van der Waals surface area contributed by atoms with Gasteiger partial charge in [-0.05, 0) is 43.7 Å². The van der Waals surface area contributed by atoms with Gasteiger partial charge in [0.1, 0.15) is 12.1 Å². The molecule has 182 valence electrons. The first-order chi connectivity index (χ1) is 16.1. The Morgan fingerprint density at radius 1 is 1.15 bits per heavy atom. The molecular weight excluding hydrogens is 443 g/mol. The fraction of sp³-hybridized carbons (Fsp3) is 0.440. The quantitative estimate of drug-likeness (QED) is 0.496. The van der Waals surface area contributed by atoms with Crippen LogP contribution in [-0.4, -0.2) is 78.5 Å². The number of carbonyl (C=O) groups is 1. The standard InChI is InChI=1S/C25H30F3N5O/c1-17-19(15-34)14-22-20(21-6-5-8-29-24(21)30(3)4)7-9-33(22)23(17)18(2)32-12-10-31(11-13-32)16-25(26,27)28/h5-9,14-15,18H,10-13,16H2,1-4H3. The third-order valence-electron chi connectivity index (χ3n) is 6.68. The van der Waals surface area contributed by atoms with Crippen LogP contribution in [0.3, 0.4) is 0 Å². The highest BCUT2D eigenvalue weighted by atomic mass is 19.4. The van der Waals surface area contributed by atoms with Gasteiger partial charge in [-0.15, -0.1) is 0 Å². The summed E-state index contributed by atoms with van der Waals surface area (Å²) in [5.74, 6) is 0.833. The van der Waals surface area contributed by atoms with Crippen LogP contribution in [0.1, 0.15) is 34.6 Å². The molecular formula is C25H30F3N5O. The summed E-state index contributed by atoms with van der Waals surface area (Å²) >= 11 is 0. The second kappa shape index (κ2) is 9.38. The number of aldehydes is 1. The lowest BCUT2D eigenvalue weighted by Gasteiger charge is -2.39. The molecule has 0 amide bonds. The molecule has 1 unspecified atom stereocenters. The van der Waals surface area contributed by atoms with Crippen LogP contribution in [0.2, 0.25) is 0 Å². The highest BCUT2D eigenvalue weighted by Gasteiger charge is 2.33. The number of aromatic nitrogens is 2. The second-order valence-electron chi connectivity index (χ2n) is 9.08. The molecule has 1 aliphatic heterocycles. The van der Waals surface area contributed by atoms with E-state index in [9.17, 15) is 18.0 Å². The zero-order valence-electron chi connectivity index (χ0n) is 19.9. The van der Waals surface area contributed by atoms with E-state index < -0.39 is 12.7 Å². The summed E-state index contributed by atoms with van der Waals surface area (Å²) in [7, 11) is 3.88. The van der Waals surface area contributed by atoms with E-state index in [0.717, 1.165) is 40.0 Å². The van der Waals surface area contributed by atoms with Gasteiger partial charge in [0.2, 0.25) is 0 Å². The molecule has 0 N–H and O–H groups in total. The van der Waals surface area contributed by atoms with E-state index in [1.807, 2.05) is 56.4 Å². The molecule has 0 bridgehead atoms. The van der Waals surface area contributed by atoms with Gasteiger partial charge in [-0.3, -0.25) is 14.6 Å². The van der Waals surface area contributed by atoms with Gasteiger partial charge in [0.15, 0.2) is 0 Å². The number of hydrogen-bond donors (Lipinski definition) is 0. The largest absolute Gasteiger partial charge is 0.401 e. The Balaban J connectivity index is 1.73. The van der Waals surface area contributed by atoms with E-state index in [-0.39, 0.29) is 6.04 Å². The molecule has 4 heterocycles. The average Bonchev–Trinajstić information content (AvgIpc) is 3.20. The molecule has 3 aromatic heterocycles. The number of nitrogens with zero attached hydrogens (tertiary/aromatic N) is 5. The molecule has 1 atom stereocenters. The number of halogens is 3. The summed E-state index contributed by atoms with van der Waals surface area (Å²) in [6.07, 6.45) is 0.447. The second-order valence-corrected chi connectivity index (χ2v) is 9.08. The van der Waals surface area contributed by atoms with Crippen LogP contribution in [0, 0.1) is 6.92 Å². The van der Waals surface area contributed by atoms with Crippen molar-refractivity contribution in [2.24, 2.45) is 0 Å². The number of pyridine rings is 2. The summed E-state index contributed by atoms with van der Waals surface area (Å²) in [6.45, 7) is 4.90. The Bertz CT molecular complexity index is 1180. The highest BCUT2D eigenvalue weighted by Crippen LogP contribution is 2.36. The Morgan fingerprint density at radius 2 is 1.85 bits per heavy atom. The van der Waals surface area contributed by atoms with Crippen LogP contribution >= 0.6 is 0 Å². The maximum Gasteiger partial charge on any atom is 0.401 e. The first kappa shape index (κ1) is 24.2. The van der Waals surface area contributed by atoms with Crippen molar-refractivity contribution >= 4 is 17.6 Å². The van der Waals surface area contributed by atoms with Crippen molar-refractivity contribution in [1.29, 1.82) is 0 Å². The van der Waals surface area contributed by atoms with Gasteiger partial charge in [-0.1, -0.05) is 0 Å². The minimum Gasteiger partial charge on any atom is -0.362 e. The molecule has 0 aliphatic carbocycles. The average molecular weight is 474 g/mol. The topological polar surface area (TPSA) is 44.1 Å². The zero-order valence-corrected chi connectivity index (χ0v) is 19.9. The lowest BCUT2D eigenvalue weighted by atomic mass is 10.00. The first-order valence-corrected chi connectivity index (χ1v) is 11.4. The normalized spacial score (nSPS) is 16.7. The van der Waals surface area contributed by atoms with Crippen molar-refractivity contribution in [3.05, 3.63) is 53.5 Å². The van der Waals surface area contributed by atoms with E-state index in [0.29, 0.717) is 31.7 Å². The fourth-order valence-electron chi connectivity index (χ4n) is 4.95. The van der Waals surface area contributed by atoms with E-state index in [1.54, 1.807) is 6.20 Å². The van der Waals surface area contributed by atoms with Crippen molar-refractivity contribution in [2.45, 2.75) is 26.1 Å². The molecule has 6 nitrogen and oxygen atoms in total. The summed E-state index contributed by atoms with van der Waals surface area (Å²) in [4.78, 5) is 22.1. The van der Waals surface area contributed by atoms with Crippen molar-refractivity contribution in [1.82, 2.24) is 19.2 Å². The molecule has 0 aromatic carbocycles. The van der Waals surface area contributed by atoms with Crippen molar-refractivity contribution in [3.8, 4) is 11.1 Å². The Labute approximate surface area is 197 Å². The van der Waals surface area contributed by atoms with Gasteiger partial charge < -0.3 is 9.30 Å². The van der Waals surface area contributed by atoms with E-state index in [4.69, 9.17) is 0 Å². The molecule has 1 saturated heterocycles. The molecule has 1 fully saturated rings. The minimum absolute atomic E-state index is 0.0714. The number of carbonyl (C=O) groups excluding carboxylic acids is 1. The number of fused-ring (bicyclic) bond motifs is 1. The fourth-order valence-corrected chi connectivity index (χ4v) is 4.95. The van der Waals surface area contributed by atoms with Crippen LogP contribution in [0.5, 0.6) is 0 Å². The van der Waals surface area contributed by atoms with Gasteiger partial charge in [0.05, 0.1) is 12.1 Å². The Hall–Kier alpha value is -2.91. The lowest BCUT2D eigenvalue weighted by Crippen LogP contribution is -2.49. The molecule has 1 aliphatic rings. The van der Waals surface area contributed by atoms with Crippen molar-refractivity contribution in [3.63, 3.8) is 0 Å². The molecule has 0 saturated carbocycles. The van der Waals surface area contributed by atoms with Crippen LogP contribution in [0.4, 0.5) is 19.0 Å². The highest BCUT2D eigenvalue weighted by molar-refractivity contribution is 5.91. The molecule has 4 rings (SSSR count). The number of rotatable bonds is 6.